The number of hydrogen-bond donors (Lipinski definition) is 2. The van der Waals surface area contributed by atoms with Crippen molar-refractivity contribution in [3.8, 4) is 5.75 Å². The molecule has 0 aliphatic heterocycles. The third kappa shape index (κ3) is 9.51. The fraction of sp³-hybridized carbons (Fsp3) is 0.700. The molecule has 1 aromatic rings. The second kappa shape index (κ2) is 14.6. The third-order valence-corrected chi connectivity index (χ3v) is 4.35. The van der Waals surface area contributed by atoms with Gasteiger partial charge in [0, 0.05) is 12.6 Å². The Kier molecular flexibility index (Phi) is 14.1. The van der Waals surface area contributed by atoms with Gasteiger partial charge in [-0.3, -0.25) is 0 Å². The topological polar surface area (TPSA) is 55.5 Å². The molecule has 0 aliphatic rings. The molecule has 0 saturated carbocycles. The van der Waals surface area contributed by atoms with E-state index in [9.17, 15) is 5.11 Å². The van der Waals surface area contributed by atoms with E-state index in [4.69, 9.17) is 10.5 Å². The molecule has 3 N–H and O–H groups in total. The van der Waals surface area contributed by atoms with E-state index < -0.39 is 0 Å². The van der Waals surface area contributed by atoms with Crippen LogP contribution in [0.25, 0.3) is 0 Å². The Balaban J connectivity index is 0.00000529. The molecule has 3 nitrogen and oxygen atoms in total. The number of unbranched alkanes of at least 4 members (excludes halogenated alkanes) is 4. The Morgan fingerprint density at radius 2 is 1.83 bits per heavy atom. The fourth-order valence-corrected chi connectivity index (χ4v) is 2.92. The molecule has 0 heterocycles. The lowest BCUT2D eigenvalue weighted by atomic mass is 9.92. The predicted octanol–water partition coefficient (Wildman–Crippen LogP) is 5.26. The van der Waals surface area contributed by atoms with Crippen LogP contribution in [0.3, 0.4) is 0 Å². The molecule has 0 spiro atoms. The zero-order valence-electron chi connectivity index (χ0n) is 15.4. The van der Waals surface area contributed by atoms with Gasteiger partial charge in [0.25, 0.3) is 0 Å². The van der Waals surface area contributed by atoms with E-state index >= 15 is 0 Å². The summed E-state index contributed by atoms with van der Waals surface area (Å²) in [6, 6.07) is 8.08. The van der Waals surface area contributed by atoms with E-state index in [1.807, 2.05) is 12.1 Å². The molecule has 2 unspecified atom stereocenters. The summed E-state index contributed by atoms with van der Waals surface area (Å²) in [7, 11) is 0. The zero-order chi connectivity index (χ0) is 16.9. The van der Waals surface area contributed by atoms with E-state index in [0.717, 1.165) is 43.6 Å². The van der Waals surface area contributed by atoms with Crippen LogP contribution in [0.5, 0.6) is 5.75 Å². The number of aliphatic hydroxyl groups excluding tert-OH is 1. The van der Waals surface area contributed by atoms with Gasteiger partial charge in [0.05, 0.1) is 6.61 Å². The van der Waals surface area contributed by atoms with Gasteiger partial charge in [0.15, 0.2) is 0 Å². The smallest absolute Gasteiger partial charge is 0.119 e. The molecule has 0 amide bonds. The molecule has 1 aromatic carbocycles. The van der Waals surface area contributed by atoms with Crippen LogP contribution in [-0.4, -0.2) is 18.3 Å². The summed E-state index contributed by atoms with van der Waals surface area (Å²) in [5, 5.41) is 9.43. The van der Waals surface area contributed by atoms with Crippen molar-refractivity contribution < 1.29 is 9.84 Å². The first kappa shape index (κ1) is 23.2. The summed E-state index contributed by atoms with van der Waals surface area (Å²) in [5.74, 6) is 1.20. The molecule has 0 fully saturated rings. The van der Waals surface area contributed by atoms with Crippen LogP contribution in [0.1, 0.15) is 76.8 Å². The highest BCUT2D eigenvalue weighted by Crippen LogP contribution is 2.25. The molecule has 0 aliphatic carbocycles. The average molecular weight is 358 g/mol. The standard InChI is InChI=1S/C20H35NO2.ClH/c1-3-5-6-7-8-13-23-19-12-9-11-18(15-19)20(21)14-17(16-22)10-4-2;/h9,11-12,15,17,20,22H,3-8,10,13-14,16,21H2,1-2H3;1H. The van der Waals surface area contributed by atoms with Gasteiger partial charge >= 0.3 is 0 Å². The van der Waals surface area contributed by atoms with Crippen LogP contribution >= 0.6 is 12.4 Å². The summed E-state index contributed by atoms with van der Waals surface area (Å²) in [4.78, 5) is 0. The molecule has 24 heavy (non-hydrogen) atoms. The highest BCUT2D eigenvalue weighted by Gasteiger charge is 2.14. The van der Waals surface area contributed by atoms with Gasteiger partial charge in [0.1, 0.15) is 5.75 Å². The number of aliphatic hydroxyl groups is 1. The van der Waals surface area contributed by atoms with E-state index in [-0.39, 0.29) is 31.0 Å². The summed E-state index contributed by atoms with van der Waals surface area (Å²) in [5.41, 5.74) is 7.41. The Morgan fingerprint density at radius 1 is 1.08 bits per heavy atom. The monoisotopic (exact) mass is 357 g/mol. The third-order valence-electron chi connectivity index (χ3n) is 4.35. The lowest BCUT2D eigenvalue weighted by molar-refractivity contribution is 0.202. The van der Waals surface area contributed by atoms with E-state index in [1.54, 1.807) is 0 Å². The van der Waals surface area contributed by atoms with Crippen molar-refractivity contribution in [3.05, 3.63) is 29.8 Å². The van der Waals surface area contributed by atoms with Crippen molar-refractivity contribution in [3.63, 3.8) is 0 Å². The Labute approximate surface area is 154 Å². The minimum Gasteiger partial charge on any atom is -0.494 e. The average Bonchev–Trinajstić information content (AvgIpc) is 2.57. The molecule has 140 valence electrons. The lowest BCUT2D eigenvalue weighted by Gasteiger charge is -2.19. The number of halogens is 1. The van der Waals surface area contributed by atoms with Crippen molar-refractivity contribution in [2.75, 3.05) is 13.2 Å². The highest BCUT2D eigenvalue weighted by molar-refractivity contribution is 5.85. The number of benzene rings is 1. The van der Waals surface area contributed by atoms with Crippen LogP contribution in [0.2, 0.25) is 0 Å². The molecule has 0 bridgehead atoms. The summed E-state index contributed by atoms with van der Waals surface area (Å²) in [6.07, 6.45) is 9.16. The second-order valence-corrected chi connectivity index (χ2v) is 6.51. The molecule has 0 radical (unpaired) electrons. The summed E-state index contributed by atoms with van der Waals surface area (Å²) in [6.45, 7) is 5.36. The molecular weight excluding hydrogens is 322 g/mol. The van der Waals surface area contributed by atoms with Crippen molar-refractivity contribution in [2.24, 2.45) is 11.7 Å². The van der Waals surface area contributed by atoms with E-state index in [0.29, 0.717) is 0 Å². The van der Waals surface area contributed by atoms with Gasteiger partial charge in [-0.1, -0.05) is 58.1 Å². The summed E-state index contributed by atoms with van der Waals surface area (Å²) < 4.78 is 5.85. The van der Waals surface area contributed by atoms with Crippen molar-refractivity contribution in [1.29, 1.82) is 0 Å². The van der Waals surface area contributed by atoms with Crippen LogP contribution in [0.4, 0.5) is 0 Å². The SMILES string of the molecule is CCCCCCCOc1cccc(C(N)CC(CO)CCC)c1.Cl. The quantitative estimate of drug-likeness (QED) is 0.473. The maximum atomic E-state index is 9.43. The molecule has 1 rings (SSSR count). The second-order valence-electron chi connectivity index (χ2n) is 6.51. The Morgan fingerprint density at radius 3 is 2.50 bits per heavy atom. The van der Waals surface area contributed by atoms with Gasteiger partial charge < -0.3 is 15.6 Å². The molecular formula is C20H36ClNO2. The molecule has 2 atom stereocenters. The largest absolute Gasteiger partial charge is 0.494 e. The van der Waals surface area contributed by atoms with Crippen molar-refractivity contribution in [2.45, 2.75) is 71.3 Å². The molecule has 0 aromatic heterocycles. The minimum absolute atomic E-state index is 0. The normalized spacial score (nSPS) is 13.2. The van der Waals surface area contributed by atoms with Crippen LogP contribution in [-0.2, 0) is 0 Å². The van der Waals surface area contributed by atoms with Crippen LogP contribution in [0.15, 0.2) is 24.3 Å². The minimum atomic E-state index is -0.0354. The maximum Gasteiger partial charge on any atom is 0.119 e. The van der Waals surface area contributed by atoms with Crippen LogP contribution in [0, 0.1) is 5.92 Å². The number of nitrogens with two attached hydrogens (primary N) is 1. The van der Waals surface area contributed by atoms with E-state index in [2.05, 4.69) is 26.0 Å². The Hall–Kier alpha value is -0.770. The first-order valence-corrected chi connectivity index (χ1v) is 9.30. The first-order valence-electron chi connectivity index (χ1n) is 9.30. The number of hydrogen-bond acceptors (Lipinski definition) is 3. The van der Waals surface area contributed by atoms with Crippen molar-refractivity contribution in [1.82, 2.24) is 0 Å². The highest BCUT2D eigenvalue weighted by atomic mass is 35.5. The van der Waals surface area contributed by atoms with Gasteiger partial charge in [-0.15, -0.1) is 12.4 Å². The van der Waals surface area contributed by atoms with Gasteiger partial charge in [-0.25, -0.2) is 0 Å². The van der Waals surface area contributed by atoms with Crippen LogP contribution < -0.4 is 10.5 Å². The maximum absolute atomic E-state index is 9.43. The first-order chi connectivity index (χ1) is 11.2. The van der Waals surface area contributed by atoms with E-state index in [1.165, 1.54) is 25.7 Å². The molecule has 0 saturated heterocycles. The summed E-state index contributed by atoms with van der Waals surface area (Å²) >= 11 is 0. The predicted molar refractivity (Wildman–Crippen MR) is 105 cm³/mol. The fourth-order valence-electron chi connectivity index (χ4n) is 2.92. The van der Waals surface area contributed by atoms with Crippen molar-refractivity contribution >= 4 is 12.4 Å². The molecule has 4 heteroatoms. The lowest BCUT2D eigenvalue weighted by Crippen LogP contribution is -2.18. The Bertz CT molecular complexity index is 414. The van der Waals surface area contributed by atoms with Gasteiger partial charge in [0.2, 0.25) is 0 Å². The van der Waals surface area contributed by atoms with Gasteiger partial charge in [-0.05, 0) is 42.9 Å². The number of ether oxygens (including phenoxy) is 1. The zero-order valence-corrected chi connectivity index (χ0v) is 16.2. The number of rotatable bonds is 13. The van der Waals surface area contributed by atoms with Gasteiger partial charge in [-0.2, -0.15) is 0 Å².